The first kappa shape index (κ1) is 31.6. The quantitative estimate of drug-likeness (QED) is 0.293. The van der Waals surface area contributed by atoms with E-state index in [0.717, 1.165) is 0 Å². The number of hydrogen-bond donors (Lipinski definition) is 0. The normalized spacial score (nSPS) is 11.3. The van der Waals surface area contributed by atoms with Crippen LogP contribution in [0.3, 0.4) is 0 Å². The molecule has 30 heavy (non-hydrogen) atoms. The van der Waals surface area contributed by atoms with E-state index >= 15 is 0 Å². The molecule has 0 aromatic heterocycles. The maximum atomic E-state index is 2.37. The van der Waals surface area contributed by atoms with Gasteiger partial charge in [-0.15, -0.1) is 5.56 Å². The minimum Gasteiger partial charge on any atom is -1.00 e. The van der Waals surface area contributed by atoms with Gasteiger partial charge in [0.1, 0.15) is 0 Å². The van der Waals surface area contributed by atoms with Gasteiger partial charge in [0.05, 0.1) is 0 Å². The van der Waals surface area contributed by atoms with Crippen LogP contribution in [-0.4, -0.2) is 0 Å². The van der Waals surface area contributed by atoms with E-state index in [9.17, 15) is 0 Å². The van der Waals surface area contributed by atoms with Crippen LogP contribution in [0.15, 0.2) is 78.9 Å². The van der Waals surface area contributed by atoms with Crippen molar-refractivity contribution in [1.29, 1.82) is 0 Å². The van der Waals surface area contributed by atoms with E-state index in [1.807, 2.05) is 0 Å². The van der Waals surface area contributed by atoms with Crippen molar-refractivity contribution in [2.45, 2.75) is 52.4 Å². The standard InChI is InChI=1S/C26H31.3ClH.Ti/c1-24(2,3)22-18-13-19-23(22)26(25(4,5)6,20-14-9-7-10-15-20)21-16-11-8-12-17-21;;;;/h7-19H,1-6H3;3*1H;/q-1;;;;+4/p-3. The first-order valence-electron chi connectivity index (χ1n) is 9.57. The molecule has 0 saturated carbocycles. The van der Waals surface area contributed by atoms with Gasteiger partial charge in [0.2, 0.25) is 0 Å². The smallest absolute Gasteiger partial charge is 1.00 e. The van der Waals surface area contributed by atoms with Crippen LogP contribution in [0.25, 0.3) is 0 Å². The Morgan fingerprint density at radius 1 is 0.567 bits per heavy atom. The van der Waals surface area contributed by atoms with Gasteiger partial charge in [-0.2, -0.15) is 11.6 Å². The summed E-state index contributed by atoms with van der Waals surface area (Å²) in [6, 6.07) is 28.9. The maximum absolute atomic E-state index is 2.37. The third kappa shape index (κ3) is 5.59. The fraction of sp³-hybridized carbons (Fsp3) is 0.346. The fourth-order valence-electron chi connectivity index (χ4n) is 4.53. The molecule has 0 radical (unpaired) electrons. The van der Waals surface area contributed by atoms with Crippen LogP contribution in [0.4, 0.5) is 0 Å². The Balaban J connectivity index is 0. The molecule has 0 spiro atoms. The topological polar surface area (TPSA) is 0 Å². The van der Waals surface area contributed by atoms with Gasteiger partial charge in [-0.1, -0.05) is 102 Å². The van der Waals surface area contributed by atoms with Gasteiger partial charge in [0.15, 0.2) is 0 Å². The largest absolute Gasteiger partial charge is 4.00 e. The Bertz CT molecular complexity index is 817. The van der Waals surface area contributed by atoms with Gasteiger partial charge in [-0.25, -0.2) is 12.1 Å². The molecule has 3 rings (SSSR count). The van der Waals surface area contributed by atoms with Crippen molar-refractivity contribution in [2.24, 2.45) is 5.41 Å². The molecule has 3 aromatic carbocycles. The molecule has 0 saturated heterocycles. The summed E-state index contributed by atoms with van der Waals surface area (Å²) in [7, 11) is 0. The summed E-state index contributed by atoms with van der Waals surface area (Å²) >= 11 is 0. The first-order valence-corrected chi connectivity index (χ1v) is 9.57. The molecule has 0 amide bonds. The van der Waals surface area contributed by atoms with Crippen molar-refractivity contribution < 1.29 is 58.9 Å². The van der Waals surface area contributed by atoms with Crippen LogP contribution in [0.2, 0.25) is 0 Å². The van der Waals surface area contributed by atoms with Gasteiger partial charge < -0.3 is 37.2 Å². The van der Waals surface area contributed by atoms with Crippen LogP contribution < -0.4 is 37.2 Å². The Morgan fingerprint density at radius 2 is 0.967 bits per heavy atom. The molecule has 0 bridgehead atoms. The Kier molecular flexibility index (Phi) is 12.5. The third-order valence-corrected chi connectivity index (χ3v) is 5.57. The van der Waals surface area contributed by atoms with Crippen LogP contribution in [0.1, 0.15) is 63.8 Å². The zero-order valence-electron chi connectivity index (χ0n) is 18.6. The summed E-state index contributed by atoms with van der Waals surface area (Å²) in [6.07, 6.45) is 0. The predicted octanol–water partition coefficient (Wildman–Crippen LogP) is -1.91. The predicted molar refractivity (Wildman–Crippen MR) is 113 cm³/mol. The molecule has 0 aliphatic carbocycles. The van der Waals surface area contributed by atoms with Gasteiger partial charge in [0.25, 0.3) is 0 Å². The molecule has 0 N–H and O–H groups in total. The van der Waals surface area contributed by atoms with Gasteiger partial charge in [0, 0.05) is 5.41 Å². The fourth-order valence-corrected chi connectivity index (χ4v) is 4.53. The molecule has 4 heteroatoms. The molecule has 0 unspecified atom stereocenters. The second kappa shape index (κ2) is 11.8. The summed E-state index contributed by atoms with van der Waals surface area (Å²) in [5.41, 5.74) is 5.46. The summed E-state index contributed by atoms with van der Waals surface area (Å²) in [5.74, 6) is 0. The van der Waals surface area contributed by atoms with Crippen molar-refractivity contribution in [3.05, 3.63) is 101 Å². The summed E-state index contributed by atoms with van der Waals surface area (Å²) in [5, 5.41) is 0. The number of halogens is 3. The Hall–Kier alpha value is -0.626. The van der Waals surface area contributed by atoms with E-state index in [1.165, 1.54) is 22.3 Å². The molecule has 0 aliphatic heterocycles. The monoisotopic (exact) mass is 496 g/mol. The van der Waals surface area contributed by atoms with Crippen molar-refractivity contribution in [3.8, 4) is 0 Å². The van der Waals surface area contributed by atoms with Crippen molar-refractivity contribution in [1.82, 2.24) is 0 Å². The van der Waals surface area contributed by atoms with Crippen LogP contribution >= 0.6 is 0 Å². The summed E-state index contributed by atoms with van der Waals surface area (Å²) in [6.45, 7) is 14.0. The van der Waals surface area contributed by atoms with E-state index in [2.05, 4.69) is 120 Å². The minimum absolute atomic E-state index is 0. The number of hydrogen-bond acceptors (Lipinski definition) is 0. The minimum atomic E-state index is -0.207. The zero-order chi connectivity index (χ0) is 19.0. The van der Waals surface area contributed by atoms with Crippen molar-refractivity contribution in [3.63, 3.8) is 0 Å². The Labute approximate surface area is 216 Å². The number of benzene rings is 2. The average molecular weight is 498 g/mol. The maximum Gasteiger partial charge on any atom is 4.00 e. The van der Waals surface area contributed by atoms with Crippen molar-refractivity contribution >= 4 is 0 Å². The zero-order valence-corrected chi connectivity index (χ0v) is 22.5. The second-order valence-electron chi connectivity index (χ2n) is 9.34. The molecule has 0 nitrogen and oxygen atoms in total. The van der Waals surface area contributed by atoms with Gasteiger partial charge in [-0.05, 0) is 22.0 Å². The SMILES string of the molecule is CC(C)(C)c1ccc[c-]1C(c1ccccc1)(c1ccccc1)C(C)(C)C.[Cl-].[Cl-].[Cl-].[Ti+4]. The molecular formula is C26H31Cl3Ti. The Morgan fingerprint density at radius 3 is 1.30 bits per heavy atom. The average Bonchev–Trinajstić information content (AvgIpc) is 3.06. The first-order chi connectivity index (χ1) is 12.2. The van der Waals surface area contributed by atoms with E-state index in [0.29, 0.717) is 0 Å². The van der Waals surface area contributed by atoms with Crippen LogP contribution in [0, 0.1) is 5.41 Å². The molecule has 0 atom stereocenters. The van der Waals surface area contributed by atoms with E-state index < -0.39 is 0 Å². The van der Waals surface area contributed by atoms with Crippen LogP contribution in [-0.2, 0) is 32.5 Å². The molecule has 0 aliphatic rings. The third-order valence-electron chi connectivity index (χ3n) is 5.57. The van der Waals surface area contributed by atoms with Crippen LogP contribution in [0.5, 0.6) is 0 Å². The molecule has 0 heterocycles. The summed E-state index contributed by atoms with van der Waals surface area (Å²) in [4.78, 5) is 0. The van der Waals surface area contributed by atoms with Gasteiger partial charge in [-0.3, -0.25) is 0 Å². The molecule has 160 valence electrons. The van der Waals surface area contributed by atoms with E-state index in [1.54, 1.807) is 0 Å². The number of rotatable bonds is 3. The molecule has 3 aromatic rings. The van der Waals surface area contributed by atoms with E-state index in [-0.39, 0.29) is 75.2 Å². The van der Waals surface area contributed by atoms with Gasteiger partial charge >= 0.3 is 21.7 Å². The van der Waals surface area contributed by atoms with Crippen molar-refractivity contribution in [2.75, 3.05) is 0 Å². The molecular weight excluding hydrogens is 467 g/mol. The summed E-state index contributed by atoms with van der Waals surface area (Å²) < 4.78 is 0. The molecule has 0 fully saturated rings. The van der Waals surface area contributed by atoms with E-state index in [4.69, 9.17) is 0 Å². The second-order valence-corrected chi connectivity index (χ2v) is 9.34.